The van der Waals surface area contributed by atoms with Gasteiger partial charge in [-0.3, -0.25) is 10.1 Å². The molecule has 5 nitrogen and oxygen atoms in total. The first-order chi connectivity index (χ1) is 10.0. The van der Waals surface area contributed by atoms with Crippen LogP contribution in [0.4, 0.5) is 11.4 Å². The Bertz CT molecular complexity index is 674. The molecule has 2 rings (SSSR count). The monoisotopic (exact) mass is 350 g/mol. The van der Waals surface area contributed by atoms with Crippen molar-refractivity contribution < 1.29 is 9.66 Å². The minimum absolute atomic E-state index is 0.112. The van der Waals surface area contributed by atoms with Gasteiger partial charge in [0.1, 0.15) is 5.75 Å². The number of hydrogen-bond acceptors (Lipinski definition) is 4. The second-order valence-corrected chi connectivity index (χ2v) is 5.43. The number of rotatable bonds is 5. The number of anilines is 1. The summed E-state index contributed by atoms with van der Waals surface area (Å²) in [4.78, 5) is 10.6. The summed E-state index contributed by atoms with van der Waals surface area (Å²) in [5.41, 5.74) is 2.45. The third kappa shape index (κ3) is 3.52. The molecule has 0 aliphatic rings. The lowest BCUT2D eigenvalue weighted by molar-refractivity contribution is -0.385. The zero-order valence-corrected chi connectivity index (χ0v) is 13.3. The van der Waals surface area contributed by atoms with Crippen LogP contribution in [0.1, 0.15) is 11.1 Å². The molecule has 6 heteroatoms. The van der Waals surface area contributed by atoms with Crippen molar-refractivity contribution in [3.8, 4) is 5.75 Å². The van der Waals surface area contributed by atoms with Crippen LogP contribution < -0.4 is 10.1 Å². The van der Waals surface area contributed by atoms with Crippen molar-refractivity contribution in [3.05, 3.63) is 62.1 Å². The quantitative estimate of drug-likeness (QED) is 0.645. The van der Waals surface area contributed by atoms with Gasteiger partial charge in [0.15, 0.2) is 0 Å². The Labute approximate surface area is 131 Å². The Morgan fingerprint density at radius 1 is 1.33 bits per heavy atom. The van der Waals surface area contributed by atoms with Gasteiger partial charge in [-0.05, 0) is 31.2 Å². The third-order valence-corrected chi connectivity index (χ3v) is 3.71. The van der Waals surface area contributed by atoms with Crippen molar-refractivity contribution in [1.82, 2.24) is 0 Å². The van der Waals surface area contributed by atoms with Crippen molar-refractivity contribution in [2.75, 3.05) is 12.4 Å². The van der Waals surface area contributed by atoms with Crippen molar-refractivity contribution in [3.63, 3.8) is 0 Å². The van der Waals surface area contributed by atoms with E-state index in [0.717, 1.165) is 21.5 Å². The Morgan fingerprint density at radius 2 is 2.10 bits per heavy atom. The van der Waals surface area contributed by atoms with Gasteiger partial charge in [0.2, 0.25) is 0 Å². The second kappa shape index (κ2) is 6.58. The summed E-state index contributed by atoms with van der Waals surface area (Å²) in [6.07, 6.45) is 0. The first-order valence-corrected chi connectivity index (χ1v) is 7.12. The molecule has 21 heavy (non-hydrogen) atoms. The highest BCUT2D eigenvalue weighted by Gasteiger charge is 2.13. The standard InChI is InChI=1S/C15H15BrN2O3/c1-10-13(4-3-5-14(10)18(19)20)17-9-11-8-12(16)6-7-15(11)21-2/h3-8,17H,9H2,1-2H3. The van der Waals surface area contributed by atoms with Gasteiger partial charge in [-0.25, -0.2) is 0 Å². The minimum Gasteiger partial charge on any atom is -0.496 e. The van der Waals surface area contributed by atoms with Gasteiger partial charge in [0.05, 0.1) is 12.0 Å². The zero-order chi connectivity index (χ0) is 15.4. The third-order valence-electron chi connectivity index (χ3n) is 3.21. The summed E-state index contributed by atoms with van der Waals surface area (Å²) >= 11 is 3.42. The van der Waals surface area contributed by atoms with E-state index in [2.05, 4.69) is 21.2 Å². The SMILES string of the molecule is COc1ccc(Br)cc1CNc1cccc([N+](=O)[O-])c1C. The number of nitro groups is 1. The van der Waals surface area contributed by atoms with E-state index >= 15 is 0 Å². The number of halogens is 1. The smallest absolute Gasteiger partial charge is 0.274 e. The van der Waals surface area contributed by atoms with E-state index in [4.69, 9.17) is 4.74 Å². The van der Waals surface area contributed by atoms with Crippen molar-refractivity contribution in [2.24, 2.45) is 0 Å². The average molecular weight is 351 g/mol. The summed E-state index contributed by atoms with van der Waals surface area (Å²) in [7, 11) is 1.62. The maximum absolute atomic E-state index is 10.9. The van der Waals surface area contributed by atoms with Crippen LogP contribution in [-0.2, 0) is 6.54 Å². The number of nitro benzene ring substituents is 1. The Hall–Kier alpha value is -2.08. The van der Waals surface area contributed by atoms with Crippen LogP contribution in [0.3, 0.4) is 0 Å². The van der Waals surface area contributed by atoms with E-state index in [1.54, 1.807) is 20.1 Å². The van der Waals surface area contributed by atoms with E-state index < -0.39 is 0 Å². The van der Waals surface area contributed by atoms with Gasteiger partial charge in [0.25, 0.3) is 5.69 Å². The maximum atomic E-state index is 10.9. The lowest BCUT2D eigenvalue weighted by Crippen LogP contribution is -2.04. The van der Waals surface area contributed by atoms with Crippen molar-refractivity contribution >= 4 is 27.3 Å². The number of nitrogens with zero attached hydrogens (tertiary/aromatic N) is 1. The van der Waals surface area contributed by atoms with Gasteiger partial charge in [-0.2, -0.15) is 0 Å². The van der Waals surface area contributed by atoms with E-state index in [0.29, 0.717) is 12.1 Å². The molecule has 0 aromatic heterocycles. The zero-order valence-electron chi connectivity index (χ0n) is 11.7. The molecule has 0 bridgehead atoms. The van der Waals surface area contributed by atoms with Crippen LogP contribution in [0.2, 0.25) is 0 Å². The molecule has 0 radical (unpaired) electrons. The van der Waals surface area contributed by atoms with Gasteiger partial charge >= 0.3 is 0 Å². The summed E-state index contributed by atoms with van der Waals surface area (Å²) in [6.45, 7) is 2.25. The molecule has 0 saturated carbocycles. The molecular formula is C15H15BrN2O3. The molecule has 0 aliphatic carbocycles. The van der Waals surface area contributed by atoms with E-state index in [1.165, 1.54) is 6.07 Å². The molecule has 0 spiro atoms. The number of benzene rings is 2. The van der Waals surface area contributed by atoms with E-state index in [9.17, 15) is 10.1 Å². The van der Waals surface area contributed by atoms with Crippen LogP contribution in [0, 0.1) is 17.0 Å². The topological polar surface area (TPSA) is 64.4 Å². The van der Waals surface area contributed by atoms with Gasteiger partial charge in [0, 0.05) is 33.9 Å². The predicted molar refractivity (Wildman–Crippen MR) is 85.9 cm³/mol. The highest BCUT2D eigenvalue weighted by atomic mass is 79.9. The molecule has 0 unspecified atom stereocenters. The fourth-order valence-corrected chi connectivity index (χ4v) is 2.50. The molecule has 2 aromatic rings. The fourth-order valence-electron chi connectivity index (χ4n) is 2.09. The average Bonchev–Trinajstić information content (AvgIpc) is 2.46. The molecule has 1 N–H and O–H groups in total. The molecule has 0 amide bonds. The Morgan fingerprint density at radius 3 is 2.76 bits per heavy atom. The van der Waals surface area contributed by atoms with Crippen LogP contribution >= 0.6 is 15.9 Å². The van der Waals surface area contributed by atoms with Gasteiger partial charge in [-0.1, -0.05) is 22.0 Å². The minimum atomic E-state index is -0.375. The van der Waals surface area contributed by atoms with Gasteiger partial charge < -0.3 is 10.1 Å². The van der Waals surface area contributed by atoms with E-state index in [1.807, 2.05) is 24.3 Å². The maximum Gasteiger partial charge on any atom is 0.274 e. The molecule has 110 valence electrons. The fraction of sp³-hybridized carbons (Fsp3) is 0.200. The van der Waals surface area contributed by atoms with Crippen LogP contribution in [0.15, 0.2) is 40.9 Å². The first-order valence-electron chi connectivity index (χ1n) is 6.33. The van der Waals surface area contributed by atoms with Crippen LogP contribution in [0.5, 0.6) is 5.75 Å². The Balaban J connectivity index is 2.23. The summed E-state index contributed by atoms with van der Waals surface area (Å²) in [5, 5.41) is 14.2. The lowest BCUT2D eigenvalue weighted by atomic mass is 10.1. The number of ether oxygens (including phenoxy) is 1. The highest BCUT2D eigenvalue weighted by molar-refractivity contribution is 9.10. The van der Waals surface area contributed by atoms with Crippen LogP contribution in [0.25, 0.3) is 0 Å². The number of hydrogen-bond donors (Lipinski definition) is 1. The number of methoxy groups -OCH3 is 1. The normalized spacial score (nSPS) is 10.2. The summed E-state index contributed by atoms with van der Waals surface area (Å²) < 4.78 is 6.27. The largest absolute Gasteiger partial charge is 0.496 e. The molecule has 0 saturated heterocycles. The summed E-state index contributed by atoms with van der Waals surface area (Å²) in [6, 6.07) is 10.7. The molecular weight excluding hydrogens is 336 g/mol. The molecule has 0 aliphatic heterocycles. The first kappa shape index (κ1) is 15.3. The molecule has 0 fully saturated rings. The molecule has 2 aromatic carbocycles. The highest BCUT2D eigenvalue weighted by Crippen LogP contribution is 2.27. The predicted octanol–water partition coefficient (Wildman–Crippen LogP) is 4.29. The van der Waals surface area contributed by atoms with Crippen molar-refractivity contribution in [2.45, 2.75) is 13.5 Å². The van der Waals surface area contributed by atoms with Crippen LogP contribution in [-0.4, -0.2) is 12.0 Å². The van der Waals surface area contributed by atoms with Gasteiger partial charge in [-0.15, -0.1) is 0 Å². The second-order valence-electron chi connectivity index (χ2n) is 4.52. The lowest BCUT2D eigenvalue weighted by Gasteiger charge is -2.12. The summed E-state index contributed by atoms with van der Waals surface area (Å²) in [5.74, 6) is 0.772. The molecule has 0 heterocycles. The Kier molecular flexibility index (Phi) is 4.80. The van der Waals surface area contributed by atoms with E-state index in [-0.39, 0.29) is 10.6 Å². The molecule has 0 atom stereocenters. The van der Waals surface area contributed by atoms with Crippen molar-refractivity contribution in [1.29, 1.82) is 0 Å². The number of nitrogens with one attached hydrogen (secondary N) is 1.